The molecule has 1 aliphatic rings. The number of carbonyl (C=O) groups excluding carboxylic acids is 1. The molecule has 0 radical (unpaired) electrons. The summed E-state index contributed by atoms with van der Waals surface area (Å²) >= 11 is 1.52. The Balaban J connectivity index is 1.65. The van der Waals surface area contributed by atoms with E-state index in [0.717, 1.165) is 20.7 Å². The molecule has 0 fully saturated rings. The number of rotatable bonds is 4. The maximum absolute atomic E-state index is 12.9. The number of benzene rings is 1. The van der Waals surface area contributed by atoms with Crippen molar-refractivity contribution >= 4 is 27.5 Å². The zero-order valence-electron chi connectivity index (χ0n) is 16.3. The van der Waals surface area contributed by atoms with Gasteiger partial charge in [0.05, 0.1) is 25.4 Å². The Labute approximate surface area is 167 Å². The molecular formula is C21H23N3O3S. The number of fused-ring (bicyclic) bond motifs is 3. The fourth-order valence-corrected chi connectivity index (χ4v) is 4.85. The second-order valence-electron chi connectivity index (χ2n) is 7.49. The van der Waals surface area contributed by atoms with Crippen LogP contribution in [-0.2, 0) is 19.5 Å². The summed E-state index contributed by atoms with van der Waals surface area (Å²) in [5.41, 5.74) is 1.70. The number of amides is 1. The van der Waals surface area contributed by atoms with Crippen LogP contribution in [0.4, 0.5) is 0 Å². The summed E-state index contributed by atoms with van der Waals surface area (Å²) in [6.45, 7) is 5.93. The topological polar surface area (TPSA) is 64.4 Å². The average molecular weight is 398 g/mol. The first kappa shape index (κ1) is 18.7. The Morgan fingerprint density at radius 2 is 2.18 bits per heavy atom. The Hall–Kier alpha value is -2.67. The predicted molar refractivity (Wildman–Crippen MR) is 110 cm³/mol. The molecule has 3 aromatic rings. The van der Waals surface area contributed by atoms with E-state index in [1.807, 2.05) is 17.0 Å². The van der Waals surface area contributed by atoms with Crippen LogP contribution in [0, 0.1) is 5.92 Å². The van der Waals surface area contributed by atoms with Crippen molar-refractivity contribution in [2.45, 2.75) is 33.4 Å². The van der Waals surface area contributed by atoms with Gasteiger partial charge in [0.25, 0.3) is 11.5 Å². The lowest BCUT2D eigenvalue weighted by molar-refractivity contribution is 0.0737. The number of methoxy groups -OCH3 is 1. The van der Waals surface area contributed by atoms with E-state index in [0.29, 0.717) is 43.3 Å². The SMILES string of the molecule is COc1cccc(C(=O)N2CCc3c(sc4ncn(CC(C)C)c(=O)c34)C2)c1. The first-order valence-electron chi connectivity index (χ1n) is 9.41. The van der Waals surface area contributed by atoms with Gasteiger partial charge in [-0.3, -0.25) is 14.2 Å². The zero-order chi connectivity index (χ0) is 19.8. The maximum atomic E-state index is 12.9. The summed E-state index contributed by atoms with van der Waals surface area (Å²) < 4.78 is 6.93. The molecule has 0 saturated carbocycles. The van der Waals surface area contributed by atoms with Crippen molar-refractivity contribution in [3.63, 3.8) is 0 Å². The van der Waals surface area contributed by atoms with Gasteiger partial charge in [0.15, 0.2) is 0 Å². The Bertz CT molecular complexity index is 1100. The van der Waals surface area contributed by atoms with Crippen molar-refractivity contribution in [1.29, 1.82) is 0 Å². The van der Waals surface area contributed by atoms with Gasteiger partial charge >= 0.3 is 0 Å². The van der Waals surface area contributed by atoms with Crippen molar-refractivity contribution in [3.8, 4) is 5.75 Å². The van der Waals surface area contributed by atoms with E-state index >= 15 is 0 Å². The number of carbonyl (C=O) groups is 1. The predicted octanol–water partition coefficient (Wildman–Crippen LogP) is 3.32. The molecule has 1 aliphatic heterocycles. The second kappa shape index (κ2) is 7.39. The minimum atomic E-state index is -0.0211. The molecule has 4 rings (SSSR count). The quantitative estimate of drug-likeness (QED) is 0.677. The Kier molecular flexibility index (Phi) is 4.93. The monoisotopic (exact) mass is 397 g/mol. The van der Waals surface area contributed by atoms with E-state index in [-0.39, 0.29) is 11.5 Å². The van der Waals surface area contributed by atoms with Gasteiger partial charge < -0.3 is 9.64 Å². The molecule has 146 valence electrons. The summed E-state index contributed by atoms with van der Waals surface area (Å²) in [6.07, 6.45) is 2.32. The first-order chi connectivity index (χ1) is 13.5. The highest BCUT2D eigenvalue weighted by atomic mass is 32.1. The van der Waals surface area contributed by atoms with Crippen LogP contribution < -0.4 is 10.3 Å². The molecule has 0 saturated heterocycles. The summed E-state index contributed by atoms with van der Waals surface area (Å²) in [5, 5.41) is 0.733. The third-order valence-electron chi connectivity index (χ3n) is 4.99. The van der Waals surface area contributed by atoms with Crippen LogP contribution in [0.5, 0.6) is 5.75 Å². The van der Waals surface area contributed by atoms with Crippen LogP contribution >= 0.6 is 11.3 Å². The average Bonchev–Trinajstić information content (AvgIpc) is 3.07. The van der Waals surface area contributed by atoms with Gasteiger partial charge in [0.1, 0.15) is 10.6 Å². The highest BCUT2D eigenvalue weighted by Gasteiger charge is 2.27. The lowest BCUT2D eigenvalue weighted by Crippen LogP contribution is -2.35. The molecule has 2 aromatic heterocycles. The molecular weight excluding hydrogens is 374 g/mol. The van der Waals surface area contributed by atoms with Gasteiger partial charge in [-0.15, -0.1) is 11.3 Å². The van der Waals surface area contributed by atoms with E-state index in [1.54, 1.807) is 30.1 Å². The highest BCUT2D eigenvalue weighted by molar-refractivity contribution is 7.18. The van der Waals surface area contributed by atoms with Crippen LogP contribution in [0.15, 0.2) is 35.4 Å². The van der Waals surface area contributed by atoms with Gasteiger partial charge in [-0.05, 0) is 36.1 Å². The Morgan fingerprint density at radius 3 is 2.93 bits per heavy atom. The van der Waals surface area contributed by atoms with Crippen molar-refractivity contribution in [1.82, 2.24) is 14.5 Å². The fraction of sp³-hybridized carbons (Fsp3) is 0.381. The van der Waals surface area contributed by atoms with Crippen molar-refractivity contribution in [3.05, 3.63) is 57.0 Å². The van der Waals surface area contributed by atoms with Gasteiger partial charge in [-0.25, -0.2) is 4.98 Å². The third-order valence-corrected chi connectivity index (χ3v) is 6.12. The highest BCUT2D eigenvalue weighted by Crippen LogP contribution is 2.33. The number of ether oxygens (including phenoxy) is 1. The van der Waals surface area contributed by atoms with Crippen LogP contribution in [-0.4, -0.2) is 34.0 Å². The molecule has 7 heteroatoms. The fourth-order valence-electron chi connectivity index (χ4n) is 3.65. The van der Waals surface area contributed by atoms with Crippen molar-refractivity contribution in [2.75, 3.05) is 13.7 Å². The van der Waals surface area contributed by atoms with Crippen LogP contribution in [0.1, 0.15) is 34.6 Å². The normalized spacial score (nSPS) is 13.8. The summed E-state index contributed by atoms with van der Waals surface area (Å²) in [7, 11) is 1.59. The summed E-state index contributed by atoms with van der Waals surface area (Å²) in [4.78, 5) is 34.0. The van der Waals surface area contributed by atoms with E-state index in [1.165, 1.54) is 11.3 Å². The van der Waals surface area contributed by atoms with Crippen LogP contribution in [0.25, 0.3) is 10.2 Å². The number of hydrogen-bond donors (Lipinski definition) is 0. The van der Waals surface area contributed by atoms with Crippen LogP contribution in [0.3, 0.4) is 0 Å². The maximum Gasteiger partial charge on any atom is 0.262 e. The third kappa shape index (κ3) is 3.30. The molecule has 0 unspecified atom stereocenters. The van der Waals surface area contributed by atoms with Crippen LogP contribution in [0.2, 0.25) is 0 Å². The molecule has 0 bridgehead atoms. The molecule has 1 aromatic carbocycles. The molecule has 6 nitrogen and oxygen atoms in total. The molecule has 28 heavy (non-hydrogen) atoms. The van der Waals surface area contributed by atoms with Gasteiger partial charge in [-0.2, -0.15) is 0 Å². The van der Waals surface area contributed by atoms with Gasteiger partial charge in [0, 0.05) is 23.5 Å². The van der Waals surface area contributed by atoms with E-state index in [9.17, 15) is 9.59 Å². The smallest absolute Gasteiger partial charge is 0.262 e. The molecule has 0 aliphatic carbocycles. The lowest BCUT2D eigenvalue weighted by Gasteiger charge is -2.27. The lowest BCUT2D eigenvalue weighted by atomic mass is 10.0. The summed E-state index contributed by atoms with van der Waals surface area (Å²) in [6, 6.07) is 7.21. The largest absolute Gasteiger partial charge is 0.497 e. The molecule has 0 atom stereocenters. The second-order valence-corrected chi connectivity index (χ2v) is 8.57. The van der Waals surface area contributed by atoms with Gasteiger partial charge in [-0.1, -0.05) is 19.9 Å². The molecule has 0 spiro atoms. The number of hydrogen-bond acceptors (Lipinski definition) is 5. The standard InChI is InChI=1S/C21H23N3O3S/c1-13(2)10-24-12-22-19-18(21(24)26)16-7-8-23(11-17(16)28-19)20(25)14-5-4-6-15(9-14)27-3/h4-6,9,12-13H,7-8,10-11H2,1-3H3. The van der Waals surface area contributed by atoms with E-state index in [4.69, 9.17) is 4.74 Å². The number of nitrogens with zero attached hydrogens (tertiary/aromatic N) is 3. The number of aromatic nitrogens is 2. The minimum Gasteiger partial charge on any atom is -0.497 e. The number of thiophene rings is 1. The van der Waals surface area contributed by atoms with Crippen molar-refractivity contribution < 1.29 is 9.53 Å². The molecule has 3 heterocycles. The van der Waals surface area contributed by atoms with E-state index < -0.39 is 0 Å². The van der Waals surface area contributed by atoms with Crippen molar-refractivity contribution in [2.24, 2.45) is 5.92 Å². The molecule has 0 N–H and O–H groups in total. The zero-order valence-corrected chi connectivity index (χ0v) is 17.1. The summed E-state index contributed by atoms with van der Waals surface area (Å²) in [5.74, 6) is 1.02. The van der Waals surface area contributed by atoms with Gasteiger partial charge in [0.2, 0.25) is 0 Å². The minimum absolute atomic E-state index is 0.0211. The molecule has 1 amide bonds. The first-order valence-corrected chi connectivity index (χ1v) is 10.2. The Morgan fingerprint density at radius 1 is 1.36 bits per heavy atom. The van der Waals surface area contributed by atoms with E-state index in [2.05, 4.69) is 18.8 Å².